The molecule has 1 unspecified atom stereocenters. The van der Waals surface area contributed by atoms with Gasteiger partial charge in [0.2, 0.25) is 0 Å². The average molecular weight is 282 g/mol. The summed E-state index contributed by atoms with van der Waals surface area (Å²) in [6, 6.07) is 0.701. The number of piperidine rings is 1. The van der Waals surface area contributed by atoms with Gasteiger partial charge in [0.15, 0.2) is 0 Å². The Balaban J connectivity index is 2.06. The third-order valence-electron chi connectivity index (χ3n) is 5.44. The van der Waals surface area contributed by atoms with Gasteiger partial charge in [0.25, 0.3) is 0 Å². The average Bonchev–Trinajstić information content (AvgIpc) is 3.14. The Labute approximate surface area is 125 Å². The minimum absolute atomic E-state index is 0.279. The third-order valence-corrected chi connectivity index (χ3v) is 5.44. The molecule has 0 aromatic heterocycles. The molecule has 2 aliphatic rings. The maximum atomic E-state index is 5.48. The van der Waals surface area contributed by atoms with Crippen molar-refractivity contribution in [3.8, 4) is 0 Å². The van der Waals surface area contributed by atoms with Crippen LogP contribution < -0.4 is 0 Å². The lowest BCUT2D eigenvalue weighted by atomic mass is 9.77. The Morgan fingerprint density at radius 2 is 1.70 bits per heavy atom. The quantitative estimate of drug-likeness (QED) is 0.698. The number of hydrogen-bond donors (Lipinski definition) is 0. The molecule has 0 aliphatic carbocycles. The van der Waals surface area contributed by atoms with Gasteiger partial charge in [-0.1, -0.05) is 13.3 Å². The summed E-state index contributed by atoms with van der Waals surface area (Å²) in [6.45, 7) is 15.2. The van der Waals surface area contributed by atoms with Crippen molar-refractivity contribution in [2.75, 3.05) is 26.7 Å². The standard InChI is InChI=1S/C17H34N2O/c1-7-8-9-19(12-15-13-20-15)14-10-16(2,3)18(6)17(4,5)11-14/h14-15H,7-13H2,1-6H3. The Bertz CT molecular complexity index is 305. The van der Waals surface area contributed by atoms with Gasteiger partial charge < -0.3 is 4.74 Å². The smallest absolute Gasteiger partial charge is 0.0936 e. The van der Waals surface area contributed by atoms with E-state index in [-0.39, 0.29) is 11.1 Å². The van der Waals surface area contributed by atoms with Gasteiger partial charge in [-0.15, -0.1) is 0 Å². The van der Waals surface area contributed by atoms with E-state index in [9.17, 15) is 0 Å². The summed E-state index contributed by atoms with van der Waals surface area (Å²) >= 11 is 0. The highest BCUT2D eigenvalue weighted by molar-refractivity contribution is 5.01. The normalized spacial score (nSPS) is 29.9. The number of nitrogens with zero attached hydrogens (tertiary/aromatic N) is 2. The zero-order valence-electron chi connectivity index (χ0n) is 14.4. The van der Waals surface area contributed by atoms with Crippen LogP contribution in [0, 0.1) is 0 Å². The van der Waals surface area contributed by atoms with E-state index >= 15 is 0 Å². The van der Waals surface area contributed by atoms with Crippen LogP contribution in [0.3, 0.4) is 0 Å². The Kier molecular flexibility index (Phi) is 4.83. The molecule has 0 aromatic carbocycles. The number of hydrogen-bond acceptors (Lipinski definition) is 3. The van der Waals surface area contributed by atoms with Crippen LogP contribution in [0.2, 0.25) is 0 Å². The van der Waals surface area contributed by atoms with Crippen LogP contribution in [-0.4, -0.2) is 59.8 Å². The van der Waals surface area contributed by atoms with E-state index in [1.807, 2.05) is 0 Å². The van der Waals surface area contributed by atoms with Gasteiger partial charge in [0.1, 0.15) is 0 Å². The maximum absolute atomic E-state index is 5.48. The number of rotatable bonds is 6. The van der Waals surface area contributed by atoms with Gasteiger partial charge in [0.05, 0.1) is 12.7 Å². The lowest BCUT2D eigenvalue weighted by molar-refractivity contribution is -0.0487. The topological polar surface area (TPSA) is 19.0 Å². The van der Waals surface area contributed by atoms with Crippen molar-refractivity contribution in [3.05, 3.63) is 0 Å². The van der Waals surface area contributed by atoms with E-state index < -0.39 is 0 Å². The van der Waals surface area contributed by atoms with Crippen LogP contribution >= 0.6 is 0 Å². The summed E-state index contributed by atoms with van der Waals surface area (Å²) in [5, 5.41) is 0. The summed E-state index contributed by atoms with van der Waals surface area (Å²) in [6.07, 6.45) is 5.63. The van der Waals surface area contributed by atoms with Gasteiger partial charge in [-0.05, 0) is 60.5 Å². The highest BCUT2D eigenvalue weighted by Crippen LogP contribution is 2.39. The molecule has 0 radical (unpaired) electrons. The van der Waals surface area contributed by atoms with Crippen molar-refractivity contribution in [2.45, 2.75) is 83.5 Å². The second-order valence-electron chi connectivity index (χ2n) is 8.05. The number of ether oxygens (including phenoxy) is 1. The molecule has 2 fully saturated rings. The van der Waals surface area contributed by atoms with Crippen LogP contribution in [0.25, 0.3) is 0 Å². The first-order valence-corrected chi connectivity index (χ1v) is 8.36. The number of unbranched alkanes of at least 4 members (excludes halogenated alkanes) is 1. The van der Waals surface area contributed by atoms with E-state index in [0.717, 1.165) is 13.2 Å². The highest BCUT2D eigenvalue weighted by atomic mass is 16.6. The monoisotopic (exact) mass is 282 g/mol. The third kappa shape index (κ3) is 3.75. The molecule has 2 heterocycles. The van der Waals surface area contributed by atoms with Crippen molar-refractivity contribution in [1.82, 2.24) is 9.80 Å². The molecule has 0 N–H and O–H groups in total. The molecule has 3 heteroatoms. The fraction of sp³-hybridized carbons (Fsp3) is 1.00. The van der Waals surface area contributed by atoms with Crippen LogP contribution in [0.15, 0.2) is 0 Å². The van der Waals surface area contributed by atoms with E-state index in [1.165, 1.54) is 32.2 Å². The molecule has 0 spiro atoms. The first kappa shape index (κ1) is 16.3. The van der Waals surface area contributed by atoms with Crippen LogP contribution in [-0.2, 0) is 4.74 Å². The van der Waals surface area contributed by atoms with Crippen LogP contribution in [0.4, 0.5) is 0 Å². The van der Waals surface area contributed by atoms with Crippen molar-refractivity contribution in [1.29, 1.82) is 0 Å². The molecule has 2 saturated heterocycles. The number of epoxide rings is 1. The fourth-order valence-corrected chi connectivity index (χ4v) is 3.80. The molecule has 0 aromatic rings. The molecular weight excluding hydrogens is 248 g/mol. The van der Waals surface area contributed by atoms with Crippen molar-refractivity contribution < 1.29 is 4.74 Å². The van der Waals surface area contributed by atoms with E-state index in [1.54, 1.807) is 0 Å². The molecule has 2 rings (SSSR count). The molecule has 118 valence electrons. The van der Waals surface area contributed by atoms with Gasteiger partial charge in [-0.2, -0.15) is 0 Å². The van der Waals surface area contributed by atoms with Crippen molar-refractivity contribution >= 4 is 0 Å². The molecule has 2 aliphatic heterocycles. The van der Waals surface area contributed by atoms with Gasteiger partial charge >= 0.3 is 0 Å². The number of likely N-dealkylation sites (tertiary alicyclic amines) is 1. The highest BCUT2D eigenvalue weighted by Gasteiger charge is 2.45. The first-order chi connectivity index (χ1) is 9.26. The van der Waals surface area contributed by atoms with Gasteiger partial charge in [-0.25, -0.2) is 0 Å². The van der Waals surface area contributed by atoms with Crippen molar-refractivity contribution in [3.63, 3.8) is 0 Å². The summed E-state index contributed by atoms with van der Waals surface area (Å²) in [4.78, 5) is 5.29. The van der Waals surface area contributed by atoms with Gasteiger partial charge in [0, 0.05) is 23.7 Å². The predicted octanol–water partition coefficient (Wildman–Crippen LogP) is 3.14. The maximum Gasteiger partial charge on any atom is 0.0936 e. The molecule has 0 bridgehead atoms. The summed E-state index contributed by atoms with van der Waals surface area (Å²) < 4.78 is 5.48. The molecule has 3 nitrogen and oxygen atoms in total. The van der Waals surface area contributed by atoms with Gasteiger partial charge in [-0.3, -0.25) is 9.80 Å². The van der Waals surface area contributed by atoms with Crippen LogP contribution in [0.1, 0.15) is 60.3 Å². The van der Waals surface area contributed by atoms with Crippen molar-refractivity contribution in [2.24, 2.45) is 0 Å². The summed E-state index contributed by atoms with van der Waals surface area (Å²) in [5.74, 6) is 0. The SMILES string of the molecule is CCCCN(CC1CO1)C1CC(C)(C)N(C)C(C)(C)C1. The second kappa shape index (κ2) is 5.94. The Morgan fingerprint density at radius 3 is 2.15 bits per heavy atom. The lowest BCUT2D eigenvalue weighted by Gasteiger charge is -2.55. The lowest BCUT2D eigenvalue weighted by Crippen LogP contribution is -2.63. The predicted molar refractivity (Wildman–Crippen MR) is 85.2 cm³/mol. The summed E-state index contributed by atoms with van der Waals surface area (Å²) in [7, 11) is 2.29. The van der Waals surface area contributed by atoms with E-state index in [2.05, 4.69) is 51.5 Å². The van der Waals surface area contributed by atoms with Crippen LogP contribution in [0.5, 0.6) is 0 Å². The molecule has 0 amide bonds. The zero-order chi connectivity index (χ0) is 15.0. The Morgan fingerprint density at radius 1 is 1.15 bits per heavy atom. The summed E-state index contributed by atoms with van der Waals surface area (Å²) in [5.41, 5.74) is 0.558. The zero-order valence-corrected chi connectivity index (χ0v) is 14.4. The second-order valence-corrected chi connectivity index (χ2v) is 8.05. The molecule has 1 atom stereocenters. The minimum atomic E-state index is 0.279. The van der Waals surface area contributed by atoms with E-state index in [4.69, 9.17) is 4.74 Å². The minimum Gasteiger partial charge on any atom is -0.372 e. The fourth-order valence-electron chi connectivity index (χ4n) is 3.80. The Hall–Kier alpha value is -0.120. The molecular formula is C17H34N2O. The first-order valence-electron chi connectivity index (χ1n) is 8.36. The molecule has 0 saturated carbocycles. The van der Waals surface area contributed by atoms with E-state index in [0.29, 0.717) is 12.1 Å². The molecule has 20 heavy (non-hydrogen) atoms. The largest absolute Gasteiger partial charge is 0.372 e.